The highest BCUT2D eigenvalue weighted by molar-refractivity contribution is 7.89. The summed E-state index contributed by atoms with van der Waals surface area (Å²) in [7, 11) is -0.749. The molecule has 12 heteroatoms. The van der Waals surface area contributed by atoms with Gasteiger partial charge in [-0.1, -0.05) is 42.5 Å². The predicted molar refractivity (Wildman–Crippen MR) is 190 cm³/mol. The van der Waals surface area contributed by atoms with Crippen LogP contribution in [0.1, 0.15) is 75.2 Å². The third-order valence-electron chi connectivity index (χ3n) is 9.74. The highest BCUT2D eigenvalue weighted by atomic mass is 32.2. The number of carbonyl (C=O) groups excluding carboxylic acids is 2. The maximum atomic E-state index is 14.4. The molecule has 264 valence electrons. The van der Waals surface area contributed by atoms with Crippen molar-refractivity contribution >= 4 is 27.5 Å². The average Bonchev–Trinajstić information content (AvgIpc) is 3.62. The van der Waals surface area contributed by atoms with Gasteiger partial charge in [-0.15, -0.1) is 0 Å². The molecule has 0 spiro atoms. The Morgan fingerprint density at radius 2 is 1.56 bits per heavy atom. The van der Waals surface area contributed by atoms with Gasteiger partial charge >= 0.3 is 0 Å². The van der Waals surface area contributed by atoms with Crippen molar-refractivity contribution < 1.29 is 31.9 Å². The van der Waals surface area contributed by atoms with Gasteiger partial charge in [0.1, 0.15) is 16.4 Å². The number of fused-ring (bicyclic) bond motifs is 1. The van der Waals surface area contributed by atoms with Crippen LogP contribution in [0.25, 0.3) is 0 Å². The zero-order chi connectivity index (χ0) is 35.6. The molecule has 0 aliphatic carbocycles. The first-order valence-electron chi connectivity index (χ1n) is 16.9. The smallest absolute Gasteiger partial charge is 0.264 e. The van der Waals surface area contributed by atoms with E-state index in [0.717, 1.165) is 18.8 Å². The van der Waals surface area contributed by atoms with E-state index in [4.69, 9.17) is 13.9 Å². The molecule has 0 saturated carbocycles. The zero-order valence-corrected chi connectivity index (χ0v) is 30.0. The van der Waals surface area contributed by atoms with E-state index in [9.17, 15) is 18.0 Å². The minimum Gasteiger partial charge on any atom is -0.493 e. The van der Waals surface area contributed by atoms with Gasteiger partial charge in [0, 0.05) is 38.8 Å². The molecule has 2 aliphatic heterocycles. The van der Waals surface area contributed by atoms with Crippen LogP contribution in [0, 0.1) is 13.8 Å². The number of nitrogens with one attached hydrogen (secondary N) is 1. The number of ether oxygens (including phenoxy) is 2. The largest absolute Gasteiger partial charge is 0.493 e. The maximum Gasteiger partial charge on any atom is 0.264 e. The van der Waals surface area contributed by atoms with Crippen LogP contribution in [0.4, 0.5) is 5.69 Å². The van der Waals surface area contributed by atoms with Crippen molar-refractivity contribution in [2.45, 2.75) is 50.6 Å². The van der Waals surface area contributed by atoms with Gasteiger partial charge in [-0.2, -0.15) is 0 Å². The third-order valence-corrected chi connectivity index (χ3v) is 11.3. The Labute approximate surface area is 293 Å². The first-order valence-corrected chi connectivity index (χ1v) is 18.4. The number of methoxy groups -OCH3 is 2. The standard InChI is InChI=1S/C38H44N4O7S/c1-25-23-35(27(3)49-25)50(45,46)39-18-10-15-31(29-16-17-33(47-4)34(24-29)48-5)42-37(43)30-13-9-14-32(36(30)38(42)44)41-21-19-40(20-22-41)26(2)28-11-7-6-8-12-28/h6-9,11-14,16-17,23-24,26,31,39H,10,15,18-22H2,1-5H3/t26-,31?/m1/s1. The van der Waals surface area contributed by atoms with Crippen LogP contribution in [0.2, 0.25) is 0 Å². The Hall–Kier alpha value is -4.65. The molecule has 2 atom stereocenters. The normalized spacial score (nSPS) is 16.4. The molecule has 11 nitrogen and oxygen atoms in total. The molecule has 0 bridgehead atoms. The molecule has 50 heavy (non-hydrogen) atoms. The molecule has 6 rings (SSSR count). The van der Waals surface area contributed by atoms with Gasteiger partial charge in [-0.25, -0.2) is 13.1 Å². The van der Waals surface area contributed by atoms with Crippen LogP contribution in [-0.2, 0) is 10.0 Å². The van der Waals surface area contributed by atoms with E-state index in [-0.39, 0.29) is 29.3 Å². The summed E-state index contributed by atoms with van der Waals surface area (Å²) in [6, 6.07) is 22.3. The Morgan fingerprint density at radius 3 is 2.22 bits per heavy atom. The number of benzene rings is 3. The summed E-state index contributed by atoms with van der Waals surface area (Å²) in [5.41, 5.74) is 3.45. The number of sulfonamides is 1. The van der Waals surface area contributed by atoms with Crippen LogP contribution in [0.5, 0.6) is 11.5 Å². The summed E-state index contributed by atoms with van der Waals surface area (Å²) >= 11 is 0. The fourth-order valence-corrected chi connectivity index (χ4v) is 8.39. The molecule has 1 saturated heterocycles. The number of imide groups is 1. The Bertz CT molecular complexity index is 1970. The number of furan rings is 1. The van der Waals surface area contributed by atoms with Crippen molar-refractivity contribution in [1.82, 2.24) is 14.5 Å². The molecule has 1 N–H and O–H groups in total. The van der Waals surface area contributed by atoms with Gasteiger partial charge in [-0.3, -0.25) is 19.4 Å². The van der Waals surface area contributed by atoms with Gasteiger partial charge in [0.25, 0.3) is 11.8 Å². The average molecular weight is 701 g/mol. The number of aryl methyl sites for hydroxylation is 2. The summed E-state index contributed by atoms with van der Waals surface area (Å²) in [6.07, 6.45) is 0.647. The van der Waals surface area contributed by atoms with Crippen molar-refractivity contribution in [1.29, 1.82) is 0 Å². The fourth-order valence-electron chi connectivity index (χ4n) is 7.08. The van der Waals surface area contributed by atoms with E-state index in [0.29, 0.717) is 65.6 Å². The molecule has 1 unspecified atom stereocenters. The summed E-state index contributed by atoms with van der Waals surface area (Å²) in [4.78, 5) is 34.6. The molecule has 4 aromatic rings. The molecular weight excluding hydrogens is 657 g/mol. The molecule has 2 amide bonds. The second kappa shape index (κ2) is 14.7. The monoisotopic (exact) mass is 700 g/mol. The molecule has 3 heterocycles. The van der Waals surface area contributed by atoms with E-state index in [1.165, 1.54) is 30.7 Å². The number of nitrogens with zero attached hydrogens (tertiary/aromatic N) is 3. The molecule has 1 fully saturated rings. The molecule has 1 aromatic heterocycles. The van der Waals surface area contributed by atoms with Gasteiger partial charge < -0.3 is 18.8 Å². The number of amides is 2. The van der Waals surface area contributed by atoms with Crippen molar-refractivity contribution in [3.63, 3.8) is 0 Å². The van der Waals surface area contributed by atoms with Crippen LogP contribution >= 0.6 is 0 Å². The lowest BCUT2D eigenvalue weighted by molar-refractivity contribution is 0.0572. The summed E-state index contributed by atoms with van der Waals surface area (Å²) in [6.45, 7) is 8.66. The van der Waals surface area contributed by atoms with Gasteiger partial charge in [0.05, 0.1) is 37.1 Å². The van der Waals surface area contributed by atoms with E-state index < -0.39 is 16.1 Å². The SMILES string of the molecule is COc1ccc(C(CCCNS(=O)(=O)c2cc(C)oc2C)N2C(=O)c3cccc(N4CCN([C@H](C)c5ccccc5)CC4)c3C2=O)cc1OC. The van der Waals surface area contributed by atoms with Crippen LogP contribution in [0.3, 0.4) is 0 Å². The molecule has 0 radical (unpaired) electrons. The first kappa shape index (κ1) is 35.2. The lowest BCUT2D eigenvalue weighted by Crippen LogP contribution is -2.47. The number of carbonyl (C=O) groups is 2. The second-order valence-electron chi connectivity index (χ2n) is 12.7. The number of hydrogen-bond acceptors (Lipinski definition) is 9. The Balaban J connectivity index is 1.24. The van der Waals surface area contributed by atoms with E-state index in [1.54, 1.807) is 32.0 Å². The molecular formula is C38H44N4O7S. The number of rotatable bonds is 13. The minimum atomic E-state index is -3.82. The van der Waals surface area contributed by atoms with Crippen molar-refractivity contribution in [3.8, 4) is 11.5 Å². The highest BCUT2D eigenvalue weighted by Gasteiger charge is 2.43. The molecule has 3 aromatic carbocycles. The van der Waals surface area contributed by atoms with Gasteiger partial charge in [0.15, 0.2) is 11.5 Å². The number of hydrogen-bond donors (Lipinski definition) is 1. The van der Waals surface area contributed by atoms with E-state index in [1.807, 2.05) is 24.3 Å². The lowest BCUT2D eigenvalue weighted by Gasteiger charge is -2.39. The maximum absolute atomic E-state index is 14.4. The highest BCUT2D eigenvalue weighted by Crippen LogP contribution is 2.41. The second-order valence-corrected chi connectivity index (χ2v) is 14.5. The summed E-state index contributed by atoms with van der Waals surface area (Å²) in [5.74, 6) is 1.04. The van der Waals surface area contributed by atoms with Crippen LogP contribution < -0.4 is 19.1 Å². The number of piperazine rings is 1. The lowest BCUT2D eigenvalue weighted by atomic mass is 9.99. The van der Waals surface area contributed by atoms with Crippen molar-refractivity contribution in [2.75, 3.05) is 51.8 Å². The predicted octanol–water partition coefficient (Wildman–Crippen LogP) is 5.89. The number of anilines is 1. The first-order chi connectivity index (χ1) is 24.0. The fraction of sp³-hybridized carbons (Fsp3) is 0.368. The summed E-state index contributed by atoms with van der Waals surface area (Å²) < 4.78 is 45.2. The Morgan fingerprint density at radius 1 is 0.840 bits per heavy atom. The van der Waals surface area contributed by atoms with E-state index >= 15 is 0 Å². The Kier molecular flexibility index (Phi) is 10.3. The molecule has 2 aliphatic rings. The topological polar surface area (TPSA) is 122 Å². The van der Waals surface area contributed by atoms with Gasteiger partial charge in [0.2, 0.25) is 10.0 Å². The van der Waals surface area contributed by atoms with Crippen molar-refractivity contribution in [2.24, 2.45) is 0 Å². The van der Waals surface area contributed by atoms with E-state index in [2.05, 4.69) is 45.7 Å². The third kappa shape index (κ3) is 6.87. The quantitative estimate of drug-likeness (QED) is 0.134. The van der Waals surface area contributed by atoms with Crippen LogP contribution in [0.15, 0.2) is 82.1 Å². The zero-order valence-electron chi connectivity index (χ0n) is 29.1. The van der Waals surface area contributed by atoms with Gasteiger partial charge in [-0.05, 0) is 75.1 Å². The van der Waals surface area contributed by atoms with Crippen molar-refractivity contribution in [3.05, 3.63) is 107 Å². The van der Waals surface area contributed by atoms with Crippen LogP contribution in [-0.4, -0.2) is 77.0 Å². The minimum absolute atomic E-state index is 0.0923. The summed E-state index contributed by atoms with van der Waals surface area (Å²) in [5, 5.41) is 0.